The summed E-state index contributed by atoms with van der Waals surface area (Å²) in [7, 11) is 0. The smallest absolute Gasteiger partial charge is 0.326 e. The third kappa shape index (κ3) is 2.00. The SMILES string of the molecule is Cc1ccc(N2C(=O)CCC2C(=O)O)cc1F. The number of hydrogen-bond donors (Lipinski definition) is 1. The number of aliphatic carboxylic acids is 1. The van der Waals surface area contributed by atoms with Crippen molar-refractivity contribution in [2.24, 2.45) is 0 Å². The summed E-state index contributed by atoms with van der Waals surface area (Å²) in [6.07, 6.45) is 0.454. The van der Waals surface area contributed by atoms with Gasteiger partial charge in [0, 0.05) is 12.1 Å². The van der Waals surface area contributed by atoms with Crippen molar-refractivity contribution in [2.45, 2.75) is 25.8 Å². The van der Waals surface area contributed by atoms with Crippen molar-refractivity contribution >= 4 is 17.6 Å². The molecule has 17 heavy (non-hydrogen) atoms. The van der Waals surface area contributed by atoms with Crippen LogP contribution in [0.1, 0.15) is 18.4 Å². The Morgan fingerprint density at radius 2 is 2.24 bits per heavy atom. The topological polar surface area (TPSA) is 57.6 Å². The first-order valence-electron chi connectivity index (χ1n) is 5.31. The standard InChI is InChI=1S/C12H12FNO3/c1-7-2-3-8(6-9(7)13)14-10(12(16)17)4-5-11(14)15/h2-3,6,10H,4-5H2,1H3,(H,16,17). The van der Waals surface area contributed by atoms with Gasteiger partial charge in [0.1, 0.15) is 11.9 Å². The Kier molecular flexibility index (Phi) is 2.83. The predicted octanol–water partition coefficient (Wildman–Crippen LogP) is 1.71. The maximum Gasteiger partial charge on any atom is 0.326 e. The Bertz CT molecular complexity index is 487. The van der Waals surface area contributed by atoms with E-state index in [9.17, 15) is 14.0 Å². The Hall–Kier alpha value is -1.91. The molecule has 0 bridgehead atoms. The average molecular weight is 237 g/mol. The zero-order valence-corrected chi connectivity index (χ0v) is 9.31. The molecule has 5 heteroatoms. The molecular formula is C12H12FNO3. The molecule has 0 aromatic heterocycles. The number of carboxylic acids is 1. The molecule has 1 N–H and O–H groups in total. The zero-order chi connectivity index (χ0) is 12.6. The molecule has 2 rings (SSSR count). The molecule has 1 aliphatic rings. The molecule has 1 aliphatic heterocycles. The Labute approximate surface area is 97.7 Å². The Balaban J connectivity index is 2.39. The minimum atomic E-state index is -1.06. The fourth-order valence-electron chi connectivity index (χ4n) is 1.97. The molecule has 1 atom stereocenters. The number of anilines is 1. The average Bonchev–Trinajstić information content (AvgIpc) is 2.64. The predicted molar refractivity (Wildman–Crippen MR) is 59.3 cm³/mol. The van der Waals surface area contributed by atoms with Gasteiger partial charge in [-0.2, -0.15) is 0 Å². The highest BCUT2D eigenvalue weighted by atomic mass is 19.1. The number of halogens is 1. The van der Waals surface area contributed by atoms with E-state index in [2.05, 4.69) is 0 Å². The largest absolute Gasteiger partial charge is 0.480 e. The molecule has 0 spiro atoms. The van der Waals surface area contributed by atoms with Crippen LogP contribution < -0.4 is 4.90 Å². The van der Waals surface area contributed by atoms with E-state index in [1.165, 1.54) is 12.1 Å². The van der Waals surface area contributed by atoms with Crippen LogP contribution in [0, 0.1) is 12.7 Å². The van der Waals surface area contributed by atoms with Gasteiger partial charge in [0.25, 0.3) is 0 Å². The van der Waals surface area contributed by atoms with E-state index in [-0.39, 0.29) is 18.7 Å². The van der Waals surface area contributed by atoms with Crippen LogP contribution >= 0.6 is 0 Å². The number of carbonyl (C=O) groups is 2. The molecule has 4 nitrogen and oxygen atoms in total. The minimum Gasteiger partial charge on any atom is -0.480 e. The molecular weight excluding hydrogens is 225 g/mol. The molecule has 1 amide bonds. The van der Waals surface area contributed by atoms with Gasteiger partial charge in [0.05, 0.1) is 0 Å². The van der Waals surface area contributed by atoms with Crippen LogP contribution in [-0.2, 0) is 9.59 Å². The van der Waals surface area contributed by atoms with Gasteiger partial charge in [-0.25, -0.2) is 9.18 Å². The number of aryl methyl sites for hydroxylation is 1. The minimum absolute atomic E-state index is 0.187. The quantitative estimate of drug-likeness (QED) is 0.851. The highest BCUT2D eigenvalue weighted by Gasteiger charge is 2.37. The summed E-state index contributed by atoms with van der Waals surface area (Å²) < 4.78 is 13.4. The highest BCUT2D eigenvalue weighted by molar-refractivity contribution is 6.02. The zero-order valence-electron chi connectivity index (χ0n) is 9.31. The molecule has 1 heterocycles. The van der Waals surface area contributed by atoms with Crippen molar-refractivity contribution in [1.82, 2.24) is 0 Å². The highest BCUT2D eigenvalue weighted by Crippen LogP contribution is 2.28. The van der Waals surface area contributed by atoms with Crippen LogP contribution in [0.15, 0.2) is 18.2 Å². The van der Waals surface area contributed by atoms with E-state index in [0.717, 1.165) is 4.90 Å². The molecule has 1 aromatic carbocycles. The van der Waals surface area contributed by atoms with Crippen molar-refractivity contribution in [3.05, 3.63) is 29.6 Å². The monoisotopic (exact) mass is 237 g/mol. The van der Waals surface area contributed by atoms with Gasteiger partial charge in [-0.3, -0.25) is 9.69 Å². The van der Waals surface area contributed by atoms with Crippen molar-refractivity contribution in [1.29, 1.82) is 0 Å². The van der Waals surface area contributed by atoms with E-state index in [0.29, 0.717) is 11.3 Å². The lowest BCUT2D eigenvalue weighted by Crippen LogP contribution is -2.38. The normalized spacial score (nSPS) is 19.8. The van der Waals surface area contributed by atoms with Crippen LogP contribution in [0.2, 0.25) is 0 Å². The van der Waals surface area contributed by atoms with Gasteiger partial charge in [-0.1, -0.05) is 6.07 Å². The molecule has 1 unspecified atom stereocenters. The van der Waals surface area contributed by atoms with Crippen molar-refractivity contribution in [3.63, 3.8) is 0 Å². The molecule has 90 valence electrons. The number of benzene rings is 1. The van der Waals surface area contributed by atoms with E-state index in [1.807, 2.05) is 0 Å². The number of nitrogens with zero attached hydrogens (tertiary/aromatic N) is 1. The van der Waals surface area contributed by atoms with E-state index in [4.69, 9.17) is 5.11 Å². The number of hydrogen-bond acceptors (Lipinski definition) is 2. The third-order valence-electron chi connectivity index (χ3n) is 2.93. The maximum absolute atomic E-state index is 13.4. The second kappa shape index (κ2) is 4.16. The summed E-state index contributed by atoms with van der Waals surface area (Å²) in [5.41, 5.74) is 0.773. The first-order chi connectivity index (χ1) is 8.00. The molecule has 0 radical (unpaired) electrons. The fourth-order valence-corrected chi connectivity index (χ4v) is 1.97. The second-order valence-electron chi connectivity index (χ2n) is 4.09. The van der Waals surface area contributed by atoms with Crippen molar-refractivity contribution < 1.29 is 19.1 Å². The summed E-state index contributed by atoms with van der Waals surface area (Å²) in [4.78, 5) is 23.8. The van der Waals surface area contributed by atoms with Crippen molar-refractivity contribution in [3.8, 4) is 0 Å². The third-order valence-corrected chi connectivity index (χ3v) is 2.93. The Morgan fingerprint density at radius 3 is 2.82 bits per heavy atom. The lowest BCUT2D eigenvalue weighted by atomic mass is 10.1. The molecule has 1 saturated heterocycles. The van der Waals surface area contributed by atoms with Crippen LogP contribution in [-0.4, -0.2) is 23.0 Å². The molecule has 1 fully saturated rings. The van der Waals surface area contributed by atoms with Gasteiger partial charge in [-0.05, 0) is 31.0 Å². The summed E-state index contributed by atoms with van der Waals surface area (Å²) in [6.45, 7) is 1.61. The van der Waals surface area contributed by atoms with E-state index >= 15 is 0 Å². The number of amides is 1. The van der Waals surface area contributed by atoms with Gasteiger partial charge >= 0.3 is 5.97 Å². The van der Waals surface area contributed by atoms with E-state index in [1.54, 1.807) is 13.0 Å². The van der Waals surface area contributed by atoms with Gasteiger partial charge in [0.15, 0.2) is 0 Å². The first kappa shape index (κ1) is 11.6. The van der Waals surface area contributed by atoms with Gasteiger partial charge in [-0.15, -0.1) is 0 Å². The van der Waals surface area contributed by atoms with Crippen LogP contribution in [0.4, 0.5) is 10.1 Å². The number of carboxylic acid groups (broad SMARTS) is 1. The lowest BCUT2D eigenvalue weighted by Gasteiger charge is -2.21. The summed E-state index contributed by atoms with van der Waals surface area (Å²) in [5.74, 6) is -1.77. The number of carbonyl (C=O) groups excluding carboxylic acids is 1. The second-order valence-corrected chi connectivity index (χ2v) is 4.09. The number of rotatable bonds is 2. The molecule has 0 saturated carbocycles. The summed E-state index contributed by atoms with van der Waals surface area (Å²) >= 11 is 0. The fraction of sp³-hybridized carbons (Fsp3) is 0.333. The van der Waals surface area contributed by atoms with Crippen LogP contribution in [0.5, 0.6) is 0 Å². The molecule has 1 aromatic rings. The van der Waals surface area contributed by atoms with Gasteiger partial charge < -0.3 is 5.11 Å². The Morgan fingerprint density at radius 1 is 1.53 bits per heavy atom. The lowest BCUT2D eigenvalue weighted by molar-refractivity contribution is -0.138. The molecule has 0 aliphatic carbocycles. The first-order valence-corrected chi connectivity index (χ1v) is 5.31. The van der Waals surface area contributed by atoms with Crippen LogP contribution in [0.25, 0.3) is 0 Å². The van der Waals surface area contributed by atoms with E-state index < -0.39 is 17.8 Å². The van der Waals surface area contributed by atoms with Crippen LogP contribution in [0.3, 0.4) is 0 Å². The summed E-state index contributed by atoms with van der Waals surface area (Å²) in [5, 5.41) is 9.00. The van der Waals surface area contributed by atoms with Gasteiger partial charge in [0.2, 0.25) is 5.91 Å². The maximum atomic E-state index is 13.4. The van der Waals surface area contributed by atoms with Crippen molar-refractivity contribution in [2.75, 3.05) is 4.90 Å². The summed E-state index contributed by atoms with van der Waals surface area (Å²) in [6, 6.07) is 3.42.